The highest BCUT2D eigenvalue weighted by atomic mass is 16.2. The lowest BCUT2D eigenvalue weighted by molar-refractivity contribution is -0.150. The molecule has 0 saturated carbocycles. The molecule has 6 nitrogen and oxygen atoms in total. The van der Waals surface area contributed by atoms with Gasteiger partial charge in [-0.3, -0.25) is 9.59 Å². The Kier molecular flexibility index (Phi) is 3.99. The van der Waals surface area contributed by atoms with Gasteiger partial charge in [0, 0.05) is 19.3 Å². The zero-order chi connectivity index (χ0) is 13.8. The van der Waals surface area contributed by atoms with Crippen molar-refractivity contribution in [1.29, 1.82) is 0 Å². The minimum atomic E-state index is -0.0233. The third kappa shape index (κ3) is 3.21. The van der Waals surface area contributed by atoms with Crippen LogP contribution in [0.15, 0.2) is 18.3 Å². The molecule has 1 aromatic rings. The molecule has 2 heterocycles. The SMILES string of the molecule is CCCN1CC(=O)N(Cc2ccc(N)nc2)CC1=O. The lowest BCUT2D eigenvalue weighted by atomic mass is 10.2. The molecule has 2 amide bonds. The van der Waals surface area contributed by atoms with Crippen molar-refractivity contribution in [2.45, 2.75) is 19.9 Å². The number of hydrogen-bond acceptors (Lipinski definition) is 4. The van der Waals surface area contributed by atoms with E-state index < -0.39 is 0 Å². The number of piperazine rings is 1. The summed E-state index contributed by atoms with van der Waals surface area (Å²) in [5, 5.41) is 0. The number of hydrogen-bond donors (Lipinski definition) is 1. The van der Waals surface area contributed by atoms with Crippen LogP contribution in [0.5, 0.6) is 0 Å². The number of amides is 2. The highest BCUT2D eigenvalue weighted by Gasteiger charge is 2.29. The molecule has 1 fully saturated rings. The monoisotopic (exact) mass is 262 g/mol. The summed E-state index contributed by atoms with van der Waals surface area (Å²) in [5.41, 5.74) is 6.38. The van der Waals surface area contributed by atoms with Gasteiger partial charge >= 0.3 is 0 Å². The average Bonchev–Trinajstić information content (AvgIpc) is 2.38. The zero-order valence-electron chi connectivity index (χ0n) is 11.0. The van der Waals surface area contributed by atoms with Crippen LogP contribution in [0.4, 0.5) is 5.82 Å². The number of rotatable bonds is 4. The van der Waals surface area contributed by atoms with Gasteiger partial charge in [0.05, 0.1) is 6.54 Å². The topological polar surface area (TPSA) is 79.5 Å². The molecule has 0 spiro atoms. The number of nitrogens with two attached hydrogens (primary N) is 1. The molecule has 0 aliphatic carbocycles. The van der Waals surface area contributed by atoms with Crippen molar-refractivity contribution in [1.82, 2.24) is 14.8 Å². The molecular weight excluding hydrogens is 244 g/mol. The summed E-state index contributed by atoms with van der Waals surface area (Å²) >= 11 is 0. The van der Waals surface area contributed by atoms with Crippen LogP contribution in [-0.2, 0) is 16.1 Å². The van der Waals surface area contributed by atoms with Crippen LogP contribution in [0, 0.1) is 0 Å². The Bertz CT molecular complexity index is 472. The first-order valence-electron chi connectivity index (χ1n) is 6.36. The number of anilines is 1. The van der Waals surface area contributed by atoms with Crippen LogP contribution >= 0.6 is 0 Å². The van der Waals surface area contributed by atoms with Gasteiger partial charge in [-0.15, -0.1) is 0 Å². The number of pyridine rings is 1. The molecule has 0 atom stereocenters. The van der Waals surface area contributed by atoms with E-state index in [-0.39, 0.29) is 24.9 Å². The Morgan fingerprint density at radius 2 is 1.89 bits per heavy atom. The molecule has 0 radical (unpaired) electrons. The molecule has 0 aromatic carbocycles. The van der Waals surface area contributed by atoms with Gasteiger partial charge in [0.1, 0.15) is 12.4 Å². The van der Waals surface area contributed by atoms with E-state index in [2.05, 4.69) is 4.98 Å². The van der Waals surface area contributed by atoms with Gasteiger partial charge in [-0.05, 0) is 18.1 Å². The lowest BCUT2D eigenvalue weighted by Gasteiger charge is -2.33. The molecule has 102 valence electrons. The van der Waals surface area contributed by atoms with E-state index in [0.29, 0.717) is 18.9 Å². The van der Waals surface area contributed by atoms with Gasteiger partial charge < -0.3 is 15.5 Å². The third-order valence-corrected chi connectivity index (χ3v) is 3.07. The minimum Gasteiger partial charge on any atom is -0.384 e. The molecular formula is C13H18N4O2. The van der Waals surface area contributed by atoms with Gasteiger partial charge in [0.25, 0.3) is 0 Å². The number of carbonyl (C=O) groups excluding carboxylic acids is 2. The van der Waals surface area contributed by atoms with E-state index >= 15 is 0 Å². The van der Waals surface area contributed by atoms with E-state index in [0.717, 1.165) is 12.0 Å². The Balaban J connectivity index is 2.00. The molecule has 1 aliphatic heterocycles. The molecule has 1 saturated heterocycles. The van der Waals surface area contributed by atoms with Crippen molar-refractivity contribution in [3.8, 4) is 0 Å². The first-order valence-corrected chi connectivity index (χ1v) is 6.36. The Labute approximate surface area is 112 Å². The van der Waals surface area contributed by atoms with Gasteiger partial charge in [-0.1, -0.05) is 13.0 Å². The average molecular weight is 262 g/mol. The van der Waals surface area contributed by atoms with Crippen LogP contribution in [0.3, 0.4) is 0 Å². The number of carbonyl (C=O) groups is 2. The van der Waals surface area contributed by atoms with Crippen molar-refractivity contribution in [2.75, 3.05) is 25.4 Å². The molecule has 0 bridgehead atoms. The van der Waals surface area contributed by atoms with Gasteiger partial charge in [0.2, 0.25) is 11.8 Å². The molecule has 1 aliphatic rings. The summed E-state index contributed by atoms with van der Waals surface area (Å²) in [5.74, 6) is 0.425. The predicted molar refractivity (Wildman–Crippen MR) is 70.9 cm³/mol. The summed E-state index contributed by atoms with van der Waals surface area (Å²) in [6.07, 6.45) is 2.49. The Morgan fingerprint density at radius 1 is 1.21 bits per heavy atom. The quantitative estimate of drug-likeness (QED) is 0.843. The maximum atomic E-state index is 12.0. The summed E-state index contributed by atoms with van der Waals surface area (Å²) in [4.78, 5) is 31.0. The normalized spacial score (nSPS) is 16.1. The highest BCUT2D eigenvalue weighted by molar-refractivity contribution is 5.92. The van der Waals surface area contributed by atoms with E-state index in [1.165, 1.54) is 0 Å². The van der Waals surface area contributed by atoms with E-state index in [1.54, 1.807) is 22.1 Å². The van der Waals surface area contributed by atoms with Crippen LogP contribution < -0.4 is 5.73 Å². The summed E-state index contributed by atoms with van der Waals surface area (Å²) < 4.78 is 0. The minimum absolute atomic E-state index is 0.00449. The van der Waals surface area contributed by atoms with Crippen LogP contribution in [-0.4, -0.2) is 46.2 Å². The second-order valence-electron chi connectivity index (χ2n) is 4.66. The van der Waals surface area contributed by atoms with Gasteiger partial charge in [0.15, 0.2) is 0 Å². The van der Waals surface area contributed by atoms with E-state index in [4.69, 9.17) is 5.73 Å². The zero-order valence-corrected chi connectivity index (χ0v) is 11.0. The standard InChI is InChI=1S/C13H18N4O2/c1-2-5-16-8-13(19)17(9-12(16)18)7-10-3-4-11(14)15-6-10/h3-4,6H,2,5,7-9H2,1H3,(H2,14,15). The molecule has 6 heteroatoms. The molecule has 2 N–H and O–H groups in total. The lowest BCUT2D eigenvalue weighted by Crippen LogP contribution is -2.53. The third-order valence-electron chi connectivity index (χ3n) is 3.07. The fraction of sp³-hybridized carbons (Fsp3) is 0.462. The molecule has 19 heavy (non-hydrogen) atoms. The van der Waals surface area contributed by atoms with Crippen LogP contribution in [0.25, 0.3) is 0 Å². The van der Waals surface area contributed by atoms with Crippen LogP contribution in [0.2, 0.25) is 0 Å². The Morgan fingerprint density at radius 3 is 2.53 bits per heavy atom. The van der Waals surface area contributed by atoms with Crippen molar-refractivity contribution in [3.63, 3.8) is 0 Å². The fourth-order valence-electron chi connectivity index (χ4n) is 2.07. The molecule has 1 aromatic heterocycles. The number of aromatic nitrogens is 1. The molecule has 2 rings (SSSR count). The van der Waals surface area contributed by atoms with Crippen molar-refractivity contribution >= 4 is 17.6 Å². The van der Waals surface area contributed by atoms with Gasteiger partial charge in [-0.2, -0.15) is 0 Å². The molecule has 0 unspecified atom stereocenters. The maximum absolute atomic E-state index is 12.0. The first kappa shape index (κ1) is 13.3. The number of nitrogen functional groups attached to an aromatic ring is 1. The van der Waals surface area contributed by atoms with Gasteiger partial charge in [-0.25, -0.2) is 4.98 Å². The van der Waals surface area contributed by atoms with Crippen LogP contribution in [0.1, 0.15) is 18.9 Å². The predicted octanol–water partition coefficient (Wildman–Crippen LogP) is 0.245. The second kappa shape index (κ2) is 5.69. The Hall–Kier alpha value is -2.11. The highest BCUT2D eigenvalue weighted by Crippen LogP contribution is 2.11. The second-order valence-corrected chi connectivity index (χ2v) is 4.66. The maximum Gasteiger partial charge on any atom is 0.242 e. The van der Waals surface area contributed by atoms with Crippen molar-refractivity contribution in [3.05, 3.63) is 23.9 Å². The van der Waals surface area contributed by atoms with E-state index in [9.17, 15) is 9.59 Å². The first-order chi connectivity index (χ1) is 9.10. The number of nitrogens with zero attached hydrogens (tertiary/aromatic N) is 3. The van der Waals surface area contributed by atoms with Crippen molar-refractivity contribution in [2.24, 2.45) is 0 Å². The largest absolute Gasteiger partial charge is 0.384 e. The summed E-state index contributed by atoms with van der Waals surface area (Å²) in [6.45, 7) is 3.35. The summed E-state index contributed by atoms with van der Waals surface area (Å²) in [6, 6.07) is 3.51. The summed E-state index contributed by atoms with van der Waals surface area (Å²) in [7, 11) is 0. The fourth-order valence-corrected chi connectivity index (χ4v) is 2.07. The van der Waals surface area contributed by atoms with E-state index in [1.807, 2.05) is 13.0 Å². The van der Waals surface area contributed by atoms with Crippen molar-refractivity contribution < 1.29 is 9.59 Å². The smallest absolute Gasteiger partial charge is 0.242 e.